The van der Waals surface area contributed by atoms with E-state index >= 15 is 0 Å². The van der Waals surface area contributed by atoms with Crippen molar-refractivity contribution < 1.29 is 34.6 Å². The van der Waals surface area contributed by atoms with Gasteiger partial charge >= 0.3 is 24.8 Å². The number of carbonyl (C=O) groups is 1. The number of imidazole rings is 1. The zero-order valence-corrected chi connectivity index (χ0v) is 14.6. The Morgan fingerprint density at radius 3 is 2.44 bits per heavy atom. The Kier molecular flexibility index (Phi) is 5.40. The fourth-order valence-electron chi connectivity index (χ4n) is 2.89. The maximum Gasteiger partial charge on any atom is 1.00 e. The maximum absolute atomic E-state index is 13.0. The van der Waals surface area contributed by atoms with Crippen LogP contribution in [0.1, 0.15) is 6.99 Å². The third-order valence-corrected chi connectivity index (χ3v) is 4.18. The van der Waals surface area contributed by atoms with Crippen LogP contribution in [-0.2, 0) is 11.2 Å². The van der Waals surface area contributed by atoms with Gasteiger partial charge in [0.1, 0.15) is 6.33 Å². The van der Waals surface area contributed by atoms with Gasteiger partial charge in [0, 0.05) is 17.4 Å². The van der Waals surface area contributed by atoms with Crippen LogP contribution in [0.15, 0.2) is 67.1 Å². The van der Waals surface area contributed by atoms with E-state index in [4.69, 9.17) is 5.11 Å². The van der Waals surface area contributed by atoms with Crippen molar-refractivity contribution >= 4 is 17.0 Å². The summed E-state index contributed by atoms with van der Waals surface area (Å²) in [5, 5.41) is 8.86. The molecule has 130 valence electrons. The molecule has 0 radical (unpaired) electrons. The third kappa shape index (κ3) is 3.92. The van der Waals surface area contributed by atoms with Gasteiger partial charge in [-0.25, -0.2) is 9.97 Å². The van der Waals surface area contributed by atoms with Gasteiger partial charge in [0.15, 0.2) is 0 Å². The monoisotopic (exact) mass is 355 g/mol. The van der Waals surface area contributed by atoms with E-state index in [-0.39, 0.29) is 26.7 Å². The topological polar surface area (TPSA) is 68.0 Å². The van der Waals surface area contributed by atoms with Gasteiger partial charge in [0.25, 0.3) is 0 Å². The normalized spacial score (nSPS) is 10.6. The van der Waals surface area contributed by atoms with Gasteiger partial charge in [-0.1, -0.05) is 18.2 Å². The molecule has 0 aliphatic heterocycles. The van der Waals surface area contributed by atoms with Crippen molar-refractivity contribution in [3.63, 3.8) is 0 Å². The molecule has 0 spiro atoms. The number of fused-ring (bicyclic) bond motifs is 1. The minimum Gasteiger partial charge on any atom is -1.00 e. The van der Waals surface area contributed by atoms with Gasteiger partial charge in [0.05, 0.1) is 17.5 Å². The molecule has 0 saturated heterocycles. The quantitative estimate of drug-likeness (QED) is 0.438. The van der Waals surface area contributed by atoms with Gasteiger partial charge < -0.3 is 6.53 Å². The van der Waals surface area contributed by atoms with Crippen molar-refractivity contribution in [3.8, 4) is 16.8 Å². The summed E-state index contributed by atoms with van der Waals surface area (Å²) in [4.78, 5) is 18.9. The Hall–Kier alpha value is -2.94. The predicted molar refractivity (Wildman–Crippen MR) is 96.7 cm³/mol. The number of pyridine rings is 1. The fourth-order valence-corrected chi connectivity index (χ4v) is 2.89. The Morgan fingerprint density at radius 1 is 1.04 bits per heavy atom. The number of halogens is 1. The molecule has 0 aliphatic rings. The van der Waals surface area contributed by atoms with E-state index in [9.17, 15) is 9.18 Å². The summed E-state index contributed by atoms with van der Waals surface area (Å²) in [6.07, 6.45) is 3.22. The summed E-state index contributed by atoms with van der Waals surface area (Å²) < 4.78 is 14.9. The molecular formula is C20H15FLiN3O2. The van der Waals surface area contributed by atoms with Gasteiger partial charge in [-0.2, -0.15) is 4.39 Å². The van der Waals surface area contributed by atoms with Crippen LogP contribution in [0.5, 0.6) is 0 Å². The maximum atomic E-state index is 13.0. The molecule has 0 saturated carbocycles. The average molecular weight is 355 g/mol. The second kappa shape index (κ2) is 7.75. The fraction of sp³-hybridized carbons (Fsp3) is 0.0500. The molecule has 2 aromatic carbocycles. The first kappa shape index (κ1) is 18.8. The molecular weight excluding hydrogens is 340 g/mol. The van der Waals surface area contributed by atoms with E-state index in [1.165, 1.54) is 12.3 Å². The third-order valence-electron chi connectivity index (χ3n) is 4.18. The molecule has 27 heavy (non-hydrogen) atoms. The Labute approximate surface area is 168 Å². The summed E-state index contributed by atoms with van der Waals surface area (Å²) in [7, 11) is 0. The first-order chi connectivity index (χ1) is 12.6. The van der Waals surface area contributed by atoms with Crippen LogP contribution in [-0.4, -0.2) is 25.6 Å². The zero-order valence-electron chi connectivity index (χ0n) is 15.6. The second-order valence-electron chi connectivity index (χ2n) is 5.92. The number of nitrogens with zero attached hydrogens (tertiary/aromatic N) is 3. The molecule has 4 aromatic rings. The molecule has 1 N–H and O–H groups in total. The second-order valence-corrected chi connectivity index (χ2v) is 5.92. The van der Waals surface area contributed by atoms with Gasteiger partial charge in [-0.05, 0) is 47.5 Å². The van der Waals surface area contributed by atoms with E-state index < -0.39 is 11.9 Å². The van der Waals surface area contributed by atoms with Crippen molar-refractivity contribution in [1.82, 2.24) is 14.5 Å². The number of hydrogen-bond donors (Lipinski definition) is 1. The van der Waals surface area contributed by atoms with Gasteiger partial charge in [0.2, 0.25) is 5.95 Å². The Morgan fingerprint density at radius 2 is 1.78 bits per heavy atom. The number of carboxylic acid groups (broad SMARTS) is 1. The summed E-state index contributed by atoms with van der Waals surface area (Å²) in [5.41, 5.74) is 5.11. The zero-order chi connectivity index (χ0) is 18.1. The summed E-state index contributed by atoms with van der Waals surface area (Å²) in [5.74, 6) is -1.36. The van der Waals surface area contributed by atoms with Crippen LogP contribution in [0.2, 0.25) is 0 Å². The molecule has 0 aliphatic carbocycles. The number of carboxylic acids is 1. The molecule has 2 heterocycles. The van der Waals surface area contributed by atoms with E-state index in [1.807, 2.05) is 34.9 Å². The van der Waals surface area contributed by atoms with Crippen LogP contribution in [0, 0.1) is 5.95 Å². The molecule has 0 atom stereocenters. The standard InChI is InChI=1S/C20H14FN3O2.Li.H/c21-19-8-4-15(11-22-19)14-3-7-18-17(10-14)23-12-24(18)16-5-1-13(2-6-16)9-20(25)26;;/h1-8,10-12H,9H2,(H,25,26);;/q;+1;-1. The van der Waals surface area contributed by atoms with Crippen molar-refractivity contribution in [2.24, 2.45) is 0 Å². The van der Waals surface area contributed by atoms with Gasteiger partial charge in [-0.15, -0.1) is 0 Å². The van der Waals surface area contributed by atoms with Crippen LogP contribution >= 0.6 is 0 Å². The van der Waals surface area contributed by atoms with Crippen molar-refractivity contribution in [3.05, 3.63) is 78.6 Å². The Balaban J connectivity index is 0.00000140. The minimum atomic E-state index is -0.853. The molecule has 4 rings (SSSR count). The molecule has 7 heteroatoms. The SMILES string of the molecule is O=C(O)Cc1ccc(-n2cnc3cc(-c4ccc(F)nc4)ccc32)cc1.[H-].[Li+]. The van der Waals surface area contributed by atoms with E-state index in [0.717, 1.165) is 33.4 Å². The van der Waals surface area contributed by atoms with Gasteiger partial charge in [-0.3, -0.25) is 9.36 Å². The van der Waals surface area contributed by atoms with Crippen molar-refractivity contribution in [1.29, 1.82) is 0 Å². The smallest absolute Gasteiger partial charge is 1.00 e. The largest absolute Gasteiger partial charge is 1.00 e. The summed E-state index contributed by atoms with van der Waals surface area (Å²) in [6, 6.07) is 16.2. The molecule has 0 unspecified atom stereocenters. The van der Waals surface area contributed by atoms with Crippen LogP contribution < -0.4 is 18.9 Å². The van der Waals surface area contributed by atoms with Crippen LogP contribution in [0.4, 0.5) is 4.39 Å². The number of rotatable bonds is 4. The predicted octanol–water partition coefficient (Wildman–Crippen LogP) is 0.970. The summed E-state index contributed by atoms with van der Waals surface area (Å²) >= 11 is 0. The number of aliphatic carboxylic acids is 1. The van der Waals surface area contributed by atoms with Crippen molar-refractivity contribution in [2.45, 2.75) is 6.42 Å². The molecule has 0 fully saturated rings. The molecule has 5 nitrogen and oxygen atoms in total. The van der Waals surface area contributed by atoms with Crippen LogP contribution in [0.25, 0.3) is 27.8 Å². The van der Waals surface area contributed by atoms with E-state index in [1.54, 1.807) is 24.5 Å². The number of benzene rings is 2. The first-order valence-electron chi connectivity index (χ1n) is 8.00. The first-order valence-corrected chi connectivity index (χ1v) is 8.00. The minimum absolute atomic E-state index is 0. The molecule has 2 aromatic heterocycles. The van der Waals surface area contributed by atoms with E-state index in [2.05, 4.69) is 9.97 Å². The number of aromatic nitrogens is 3. The average Bonchev–Trinajstić information content (AvgIpc) is 3.06. The molecule has 0 amide bonds. The molecule has 0 bridgehead atoms. The summed E-state index contributed by atoms with van der Waals surface area (Å²) in [6.45, 7) is 0. The van der Waals surface area contributed by atoms with Crippen molar-refractivity contribution in [2.75, 3.05) is 0 Å². The number of hydrogen-bond acceptors (Lipinski definition) is 3. The van der Waals surface area contributed by atoms with Crippen LogP contribution in [0.3, 0.4) is 0 Å². The Bertz CT molecular complexity index is 1100. The van der Waals surface area contributed by atoms with E-state index in [0.29, 0.717) is 0 Å².